The maximum atomic E-state index is 12.9. The van der Waals surface area contributed by atoms with E-state index in [1.165, 1.54) is 0 Å². The molecule has 0 unspecified atom stereocenters. The molecular weight excluding hydrogens is 402 g/mol. The molecule has 0 saturated carbocycles. The van der Waals surface area contributed by atoms with Gasteiger partial charge < -0.3 is 19.5 Å². The van der Waals surface area contributed by atoms with Crippen molar-refractivity contribution in [3.8, 4) is 5.75 Å². The Hall–Kier alpha value is -2.74. The highest BCUT2D eigenvalue weighted by molar-refractivity contribution is 6.63. The van der Waals surface area contributed by atoms with Crippen LogP contribution >= 0.6 is 0 Å². The van der Waals surface area contributed by atoms with E-state index in [-0.39, 0.29) is 42.9 Å². The Morgan fingerprint density at radius 3 is 2.35 bits per heavy atom. The van der Waals surface area contributed by atoms with E-state index in [0.29, 0.717) is 38.3 Å². The van der Waals surface area contributed by atoms with Crippen LogP contribution in [-0.2, 0) is 30.3 Å². The van der Waals surface area contributed by atoms with Gasteiger partial charge in [0.25, 0.3) is 5.78 Å². The number of benzene rings is 1. The Kier molecular flexibility index (Phi) is 7.43. The second-order valence-electron chi connectivity index (χ2n) is 8.25. The van der Waals surface area contributed by atoms with Gasteiger partial charge in [-0.15, -0.1) is 0 Å². The maximum absolute atomic E-state index is 12.9. The minimum Gasteiger partial charge on any atom is -0.507 e. The Bertz CT molecular complexity index is 873. The third-order valence-electron chi connectivity index (χ3n) is 6.04. The molecule has 0 aromatic heterocycles. The molecule has 1 fully saturated rings. The number of esters is 1. The Morgan fingerprint density at radius 2 is 1.65 bits per heavy atom. The van der Waals surface area contributed by atoms with Gasteiger partial charge >= 0.3 is 5.97 Å². The van der Waals surface area contributed by atoms with Crippen LogP contribution in [0.3, 0.4) is 0 Å². The lowest BCUT2D eigenvalue weighted by Gasteiger charge is -2.30. The number of cyclic esters (lactones) is 1. The molecule has 0 radical (unpaired) electrons. The number of ether oxygens (including phenoxy) is 2. The molecule has 1 aromatic carbocycles. The summed E-state index contributed by atoms with van der Waals surface area (Å²) in [6, 6.07) is 3.37. The Labute approximate surface area is 181 Å². The number of morpholine rings is 1. The van der Waals surface area contributed by atoms with Gasteiger partial charge in [0.05, 0.1) is 13.2 Å². The standard InChI is InChI=1S/C23H29NO7/c1-14-6-7-19(26)22(28)18(25)5-3-4-16-12-17(24-8-10-30-11-9-24)13-20(27)21(16)23(29)31-15(14)2/h12-15,27H,3-11H2,1-2H3/t14-,15+/m1/s1. The van der Waals surface area contributed by atoms with Gasteiger partial charge in [-0.2, -0.15) is 0 Å². The van der Waals surface area contributed by atoms with Crippen LogP contribution < -0.4 is 4.90 Å². The molecule has 168 valence electrons. The number of anilines is 1. The first-order valence-electron chi connectivity index (χ1n) is 10.8. The van der Waals surface area contributed by atoms with Gasteiger partial charge in [0.2, 0.25) is 11.6 Å². The molecule has 0 amide bonds. The number of fused-ring (bicyclic) bond motifs is 1. The number of phenols is 1. The monoisotopic (exact) mass is 431 g/mol. The first kappa shape index (κ1) is 22.9. The number of Topliss-reactive ketones (excluding diaryl/α,β-unsaturated/α-hetero) is 3. The van der Waals surface area contributed by atoms with Crippen LogP contribution in [0.1, 0.15) is 55.5 Å². The molecule has 1 N–H and O–H groups in total. The van der Waals surface area contributed by atoms with Gasteiger partial charge in [-0.1, -0.05) is 6.92 Å². The SMILES string of the molecule is C[C@@H]1CCC(=O)C(=O)C(=O)CCCc2cc(N3CCOCC3)cc(O)c2C(=O)O[C@H]1C. The third kappa shape index (κ3) is 5.50. The van der Waals surface area contributed by atoms with Crippen molar-refractivity contribution in [2.45, 2.75) is 52.1 Å². The number of aryl methyl sites for hydroxylation is 1. The Balaban J connectivity index is 1.94. The quantitative estimate of drug-likeness (QED) is 0.532. The zero-order valence-electron chi connectivity index (χ0n) is 18.0. The average molecular weight is 431 g/mol. The van der Waals surface area contributed by atoms with E-state index in [1.54, 1.807) is 13.0 Å². The van der Waals surface area contributed by atoms with Gasteiger partial charge in [0.1, 0.15) is 17.4 Å². The number of hydrogen-bond donors (Lipinski definition) is 1. The minimum atomic E-state index is -0.959. The van der Waals surface area contributed by atoms with Crippen molar-refractivity contribution < 1.29 is 33.8 Å². The molecule has 8 nitrogen and oxygen atoms in total. The molecule has 0 bridgehead atoms. The number of ketones is 3. The van der Waals surface area contributed by atoms with Crippen molar-refractivity contribution in [1.29, 1.82) is 0 Å². The molecule has 2 heterocycles. The summed E-state index contributed by atoms with van der Waals surface area (Å²) in [5, 5.41) is 10.7. The highest BCUT2D eigenvalue weighted by Gasteiger charge is 2.28. The second kappa shape index (κ2) is 10.0. The van der Waals surface area contributed by atoms with Crippen molar-refractivity contribution in [1.82, 2.24) is 0 Å². The first-order chi connectivity index (χ1) is 14.8. The maximum Gasteiger partial charge on any atom is 0.342 e. The van der Waals surface area contributed by atoms with Gasteiger partial charge in [-0.05, 0) is 43.7 Å². The number of carbonyl (C=O) groups is 4. The molecule has 1 saturated heterocycles. The molecule has 2 aliphatic heterocycles. The zero-order chi connectivity index (χ0) is 22.5. The van der Waals surface area contributed by atoms with E-state index in [2.05, 4.69) is 4.90 Å². The highest BCUT2D eigenvalue weighted by Crippen LogP contribution is 2.32. The molecule has 2 atom stereocenters. The van der Waals surface area contributed by atoms with Crippen molar-refractivity contribution >= 4 is 29.0 Å². The van der Waals surface area contributed by atoms with E-state index >= 15 is 0 Å². The van der Waals surface area contributed by atoms with E-state index in [1.807, 2.05) is 13.0 Å². The van der Waals surface area contributed by atoms with Crippen LogP contribution in [0.4, 0.5) is 5.69 Å². The van der Waals surface area contributed by atoms with Crippen LogP contribution in [0, 0.1) is 5.92 Å². The second-order valence-corrected chi connectivity index (χ2v) is 8.25. The van der Waals surface area contributed by atoms with Gasteiger partial charge in [-0.25, -0.2) is 4.79 Å². The lowest BCUT2D eigenvalue weighted by Crippen LogP contribution is -2.36. The number of carbonyl (C=O) groups excluding carboxylic acids is 4. The molecule has 1 aromatic rings. The highest BCUT2D eigenvalue weighted by atomic mass is 16.5. The molecule has 8 heteroatoms. The molecule has 0 spiro atoms. The molecule has 0 aliphatic carbocycles. The summed E-state index contributed by atoms with van der Waals surface area (Å²) in [5.41, 5.74) is 1.39. The summed E-state index contributed by atoms with van der Waals surface area (Å²) in [7, 11) is 0. The summed E-state index contributed by atoms with van der Waals surface area (Å²) in [6.07, 6.45) is 0.205. The number of nitrogens with zero attached hydrogens (tertiary/aromatic N) is 1. The van der Waals surface area contributed by atoms with Crippen LogP contribution in [0.15, 0.2) is 12.1 Å². The number of phenolic OH excluding ortho intramolecular Hbond substituents is 1. The fourth-order valence-electron chi connectivity index (χ4n) is 3.87. The molecule has 31 heavy (non-hydrogen) atoms. The van der Waals surface area contributed by atoms with E-state index < -0.39 is 29.4 Å². The number of aromatic hydroxyl groups is 1. The normalized spacial score (nSPS) is 24.4. The van der Waals surface area contributed by atoms with Gasteiger partial charge in [-0.3, -0.25) is 14.4 Å². The summed E-state index contributed by atoms with van der Waals surface area (Å²) >= 11 is 0. The van der Waals surface area contributed by atoms with Crippen molar-refractivity contribution in [3.63, 3.8) is 0 Å². The molecule has 2 aliphatic rings. The van der Waals surface area contributed by atoms with E-state index in [0.717, 1.165) is 5.69 Å². The predicted molar refractivity (Wildman–Crippen MR) is 112 cm³/mol. The fraction of sp³-hybridized carbons (Fsp3) is 0.565. The Morgan fingerprint density at radius 1 is 0.968 bits per heavy atom. The van der Waals surface area contributed by atoms with Crippen molar-refractivity contribution in [3.05, 3.63) is 23.3 Å². The fourth-order valence-corrected chi connectivity index (χ4v) is 3.87. The summed E-state index contributed by atoms with van der Waals surface area (Å²) < 4.78 is 11.0. The average Bonchev–Trinajstić information content (AvgIpc) is 2.76. The summed E-state index contributed by atoms with van der Waals surface area (Å²) in [6.45, 7) is 5.98. The smallest absolute Gasteiger partial charge is 0.342 e. The lowest BCUT2D eigenvalue weighted by molar-refractivity contribution is -0.144. The van der Waals surface area contributed by atoms with Crippen LogP contribution in [0.2, 0.25) is 0 Å². The van der Waals surface area contributed by atoms with Crippen LogP contribution in [0.5, 0.6) is 5.75 Å². The van der Waals surface area contributed by atoms with Gasteiger partial charge in [0.15, 0.2) is 0 Å². The van der Waals surface area contributed by atoms with E-state index in [4.69, 9.17) is 9.47 Å². The van der Waals surface area contributed by atoms with Crippen LogP contribution in [0.25, 0.3) is 0 Å². The lowest BCUT2D eigenvalue weighted by atomic mass is 9.94. The van der Waals surface area contributed by atoms with Crippen LogP contribution in [-0.4, -0.2) is 60.8 Å². The largest absolute Gasteiger partial charge is 0.507 e. The number of hydrogen-bond acceptors (Lipinski definition) is 8. The van der Waals surface area contributed by atoms with Gasteiger partial charge in [0, 0.05) is 37.7 Å². The molecule has 3 rings (SSSR count). The van der Waals surface area contributed by atoms with Crippen molar-refractivity contribution in [2.75, 3.05) is 31.2 Å². The third-order valence-corrected chi connectivity index (χ3v) is 6.04. The number of rotatable bonds is 1. The molecular formula is C23H29NO7. The minimum absolute atomic E-state index is 0.0572. The zero-order valence-corrected chi connectivity index (χ0v) is 18.0. The first-order valence-corrected chi connectivity index (χ1v) is 10.8. The summed E-state index contributed by atoms with van der Waals surface area (Å²) in [4.78, 5) is 51.3. The van der Waals surface area contributed by atoms with E-state index in [9.17, 15) is 24.3 Å². The van der Waals surface area contributed by atoms with Crippen molar-refractivity contribution in [2.24, 2.45) is 5.92 Å². The summed E-state index contributed by atoms with van der Waals surface area (Å²) in [5.74, 6) is -3.36. The topological polar surface area (TPSA) is 110 Å². The predicted octanol–water partition coefficient (Wildman–Crippen LogP) is 2.23.